The van der Waals surface area contributed by atoms with Crippen molar-refractivity contribution in [2.75, 3.05) is 22.6 Å². The van der Waals surface area contributed by atoms with Crippen molar-refractivity contribution in [1.29, 1.82) is 0 Å². The Morgan fingerprint density at radius 2 is 1.67 bits per heavy atom. The maximum Gasteiger partial charge on any atom is 0.341 e. The molecule has 0 radical (unpaired) electrons. The number of anilines is 3. The number of hydrogen-bond donors (Lipinski definition) is 3. The third kappa shape index (κ3) is 8.42. The van der Waals surface area contributed by atoms with Gasteiger partial charge in [-0.3, -0.25) is 9.59 Å². The first-order chi connectivity index (χ1) is 20.3. The summed E-state index contributed by atoms with van der Waals surface area (Å²) < 4.78 is 5.40. The van der Waals surface area contributed by atoms with E-state index in [0.717, 1.165) is 53.9 Å². The second-order valence-corrected chi connectivity index (χ2v) is 12.9. The fourth-order valence-corrected chi connectivity index (χ4v) is 7.36. The van der Waals surface area contributed by atoms with E-state index in [2.05, 4.69) is 16.0 Å². The molecule has 3 aromatic rings. The van der Waals surface area contributed by atoms with Gasteiger partial charge < -0.3 is 20.7 Å². The van der Waals surface area contributed by atoms with E-state index < -0.39 is 0 Å². The smallest absolute Gasteiger partial charge is 0.341 e. The molecule has 10 heteroatoms. The Bertz CT molecular complexity index is 1440. The van der Waals surface area contributed by atoms with Gasteiger partial charge in [-0.05, 0) is 106 Å². The highest BCUT2D eigenvalue weighted by molar-refractivity contribution is 8.00. The van der Waals surface area contributed by atoms with Crippen LogP contribution in [0, 0.1) is 0 Å². The van der Waals surface area contributed by atoms with Crippen LogP contribution in [0.3, 0.4) is 0 Å². The molecule has 1 unspecified atom stereocenters. The molecular weight excluding hydrogens is 587 g/mol. The number of aryl methyl sites for hydroxylation is 1. The number of Topliss-reactive ketones (excluding diaryl/α,β-unsaturated/α-hetero) is 1. The number of thiocarbonyl (C=S) groups is 1. The molecule has 0 spiro atoms. The summed E-state index contributed by atoms with van der Waals surface area (Å²) in [5.74, 6) is -0.480. The lowest BCUT2D eigenvalue weighted by Crippen LogP contribution is -2.25. The van der Waals surface area contributed by atoms with Gasteiger partial charge in [0.15, 0.2) is 10.9 Å². The Morgan fingerprint density at radius 1 is 0.952 bits per heavy atom. The van der Waals surface area contributed by atoms with Crippen molar-refractivity contribution >= 4 is 74.5 Å². The molecule has 3 N–H and O–H groups in total. The molecule has 0 fully saturated rings. The number of ketones is 1. The number of carbonyl (C=O) groups is 3. The highest BCUT2D eigenvalue weighted by Gasteiger charge is 2.28. The predicted molar refractivity (Wildman–Crippen MR) is 177 cm³/mol. The molecule has 0 saturated heterocycles. The average molecular weight is 624 g/mol. The van der Waals surface area contributed by atoms with Crippen LogP contribution < -0.4 is 16.0 Å². The molecule has 1 amide bonds. The molecular formula is C32H37N3O4S3. The zero-order valence-electron chi connectivity index (χ0n) is 24.2. The number of benzene rings is 2. The Kier molecular flexibility index (Phi) is 11.6. The number of esters is 1. The van der Waals surface area contributed by atoms with E-state index in [9.17, 15) is 14.4 Å². The van der Waals surface area contributed by atoms with Gasteiger partial charge in [-0.1, -0.05) is 25.8 Å². The van der Waals surface area contributed by atoms with Gasteiger partial charge in [-0.2, -0.15) is 0 Å². The first-order valence-electron chi connectivity index (χ1n) is 14.4. The molecule has 7 nitrogen and oxygen atoms in total. The highest BCUT2D eigenvalue weighted by Crippen LogP contribution is 2.38. The van der Waals surface area contributed by atoms with E-state index in [0.29, 0.717) is 34.3 Å². The molecule has 42 heavy (non-hydrogen) atoms. The third-order valence-electron chi connectivity index (χ3n) is 6.97. The number of rotatable bonds is 10. The molecule has 0 saturated carbocycles. The fraction of sp³-hybridized carbons (Fsp3) is 0.375. The van der Waals surface area contributed by atoms with Crippen molar-refractivity contribution < 1.29 is 19.1 Å². The molecule has 1 atom stereocenters. The molecule has 1 aromatic heterocycles. The van der Waals surface area contributed by atoms with E-state index in [1.54, 1.807) is 19.1 Å². The maximum atomic E-state index is 13.5. The van der Waals surface area contributed by atoms with Crippen LogP contribution in [0.5, 0.6) is 0 Å². The van der Waals surface area contributed by atoms with Crippen molar-refractivity contribution in [2.45, 2.75) is 75.9 Å². The zero-order chi connectivity index (χ0) is 30.1. The predicted octanol–water partition coefficient (Wildman–Crippen LogP) is 8.10. The van der Waals surface area contributed by atoms with Crippen molar-refractivity contribution in [3.63, 3.8) is 0 Å². The lowest BCUT2D eigenvalue weighted by molar-refractivity contribution is -0.115. The molecule has 0 bridgehead atoms. The highest BCUT2D eigenvalue weighted by atomic mass is 32.2. The average Bonchev–Trinajstić information content (AvgIpc) is 3.27. The third-order valence-corrected chi connectivity index (χ3v) is 9.74. The number of ether oxygens (including phenoxy) is 1. The van der Waals surface area contributed by atoms with Crippen LogP contribution in [0.25, 0.3) is 0 Å². The molecule has 222 valence electrons. The summed E-state index contributed by atoms with van der Waals surface area (Å²) in [5.41, 5.74) is 3.79. The van der Waals surface area contributed by atoms with Gasteiger partial charge in [-0.15, -0.1) is 23.1 Å². The van der Waals surface area contributed by atoms with E-state index in [-0.39, 0.29) is 22.9 Å². The second kappa shape index (κ2) is 15.3. The summed E-state index contributed by atoms with van der Waals surface area (Å²) in [6, 6.07) is 14.9. The normalized spacial score (nSPS) is 13.6. The largest absolute Gasteiger partial charge is 0.462 e. The SMILES string of the molecule is CCOC(=O)c1c(NC(=O)C(CC)Sc2cccc(NC(=S)Nc3ccc(C(C)=O)cc3)c2)sc2c1CCCCCC2. The minimum Gasteiger partial charge on any atom is -0.462 e. The van der Waals surface area contributed by atoms with Gasteiger partial charge >= 0.3 is 5.97 Å². The lowest BCUT2D eigenvalue weighted by atomic mass is 9.96. The summed E-state index contributed by atoms with van der Waals surface area (Å²) in [5, 5.41) is 10.1. The van der Waals surface area contributed by atoms with E-state index in [4.69, 9.17) is 17.0 Å². The molecule has 1 heterocycles. The number of thioether (sulfide) groups is 1. The lowest BCUT2D eigenvalue weighted by Gasteiger charge is -2.16. The van der Waals surface area contributed by atoms with Crippen LogP contribution in [0.15, 0.2) is 53.4 Å². The molecule has 4 rings (SSSR count). The number of amides is 1. The first-order valence-corrected chi connectivity index (χ1v) is 16.5. The van der Waals surface area contributed by atoms with E-state index in [1.807, 2.05) is 43.3 Å². The number of carbonyl (C=O) groups excluding carboxylic acids is 3. The number of fused-ring (bicyclic) bond motifs is 1. The number of thiophene rings is 1. The first kappa shape index (κ1) is 31.7. The summed E-state index contributed by atoms with van der Waals surface area (Å²) in [6.07, 6.45) is 6.83. The van der Waals surface area contributed by atoms with Gasteiger partial charge in [0.25, 0.3) is 0 Å². The summed E-state index contributed by atoms with van der Waals surface area (Å²) >= 11 is 8.48. The van der Waals surface area contributed by atoms with Crippen molar-refractivity contribution in [3.8, 4) is 0 Å². The second-order valence-electron chi connectivity index (χ2n) is 10.1. The van der Waals surface area contributed by atoms with Gasteiger partial charge in [0, 0.05) is 26.7 Å². The maximum absolute atomic E-state index is 13.5. The van der Waals surface area contributed by atoms with E-state index in [1.165, 1.54) is 41.3 Å². The summed E-state index contributed by atoms with van der Waals surface area (Å²) in [7, 11) is 0. The molecule has 2 aromatic carbocycles. The minimum atomic E-state index is -0.357. The van der Waals surface area contributed by atoms with Crippen LogP contribution in [-0.2, 0) is 22.4 Å². The van der Waals surface area contributed by atoms with Gasteiger partial charge in [0.2, 0.25) is 5.91 Å². The fourth-order valence-electron chi connectivity index (χ4n) is 4.83. The molecule has 1 aliphatic rings. The van der Waals surface area contributed by atoms with Crippen molar-refractivity contribution in [1.82, 2.24) is 0 Å². The molecule has 0 aliphatic heterocycles. The van der Waals surface area contributed by atoms with Crippen LogP contribution in [-0.4, -0.2) is 34.6 Å². The topological polar surface area (TPSA) is 96.5 Å². The van der Waals surface area contributed by atoms with Gasteiger partial charge in [-0.25, -0.2) is 4.79 Å². The van der Waals surface area contributed by atoms with Crippen molar-refractivity contribution in [3.05, 3.63) is 70.1 Å². The standard InChI is InChI=1S/C32H37N3O4S3/c1-4-26(29(37)35-30-28(31(38)39-5-2)25-13-8-6-7-9-14-27(25)42-30)41-24-12-10-11-23(19-24)34-32(40)33-22-17-15-21(16-18-22)20(3)36/h10-12,15-19,26H,4-9,13-14H2,1-3H3,(H,35,37)(H2,33,34,40). The Balaban J connectivity index is 1.43. The summed E-state index contributed by atoms with van der Waals surface area (Å²) in [4.78, 5) is 40.1. The van der Waals surface area contributed by atoms with Gasteiger partial charge in [0.1, 0.15) is 5.00 Å². The van der Waals surface area contributed by atoms with Crippen LogP contribution in [0.2, 0.25) is 0 Å². The summed E-state index contributed by atoms with van der Waals surface area (Å²) in [6.45, 7) is 5.61. The molecule has 1 aliphatic carbocycles. The Labute approximate surface area is 261 Å². The van der Waals surface area contributed by atoms with Gasteiger partial charge in [0.05, 0.1) is 17.4 Å². The van der Waals surface area contributed by atoms with E-state index >= 15 is 0 Å². The van der Waals surface area contributed by atoms with Crippen LogP contribution in [0.1, 0.15) is 84.0 Å². The zero-order valence-corrected chi connectivity index (χ0v) is 26.7. The van der Waals surface area contributed by atoms with Crippen LogP contribution in [0.4, 0.5) is 16.4 Å². The quantitative estimate of drug-likeness (QED) is 0.0902. The monoisotopic (exact) mass is 623 g/mol. The Hall–Kier alpha value is -3.21. The van der Waals surface area contributed by atoms with Crippen LogP contribution >= 0.6 is 35.3 Å². The minimum absolute atomic E-state index is 0.00962. The Morgan fingerprint density at radius 3 is 2.36 bits per heavy atom. The van der Waals surface area contributed by atoms with Crippen molar-refractivity contribution in [2.24, 2.45) is 0 Å². The number of nitrogens with one attached hydrogen (secondary N) is 3. The number of hydrogen-bond acceptors (Lipinski definition) is 7.